The fourth-order valence-electron chi connectivity index (χ4n) is 3.65. The third-order valence-corrected chi connectivity index (χ3v) is 8.57. The minimum Gasteiger partial charge on any atom is -0.365 e. The smallest absolute Gasteiger partial charge is 0.256 e. The lowest BCUT2D eigenvalue weighted by atomic mass is 10.1. The molecule has 1 aromatic carbocycles. The molecule has 3 N–H and O–H groups in total. The molecule has 0 saturated heterocycles. The van der Waals surface area contributed by atoms with Gasteiger partial charge in [-0.25, -0.2) is 8.42 Å². The van der Waals surface area contributed by atoms with Gasteiger partial charge in [0.05, 0.1) is 10.5 Å². The molecule has 1 aliphatic rings. The number of nitrogens with one attached hydrogen (secondary N) is 1. The minimum absolute atomic E-state index is 0.109. The van der Waals surface area contributed by atoms with Crippen molar-refractivity contribution in [3.05, 3.63) is 45.3 Å². The molecule has 0 saturated carbocycles. The standard InChI is InChI=1S/C20H25N3O4S2/c1-4-23(5-2)29(26,27)16-11-13(10-9-12(16)3)19(25)22-20-17(18(21)24)14-7-6-8-15(14)28-20/h9-11H,4-8H2,1-3H3,(H2,21,24)(H,22,25). The van der Waals surface area contributed by atoms with Gasteiger partial charge in [0, 0.05) is 23.5 Å². The molecule has 1 aromatic heterocycles. The van der Waals surface area contributed by atoms with E-state index < -0.39 is 21.8 Å². The van der Waals surface area contributed by atoms with Crippen LogP contribution in [0.15, 0.2) is 23.1 Å². The summed E-state index contributed by atoms with van der Waals surface area (Å²) in [5.41, 5.74) is 7.62. The highest BCUT2D eigenvalue weighted by atomic mass is 32.2. The summed E-state index contributed by atoms with van der Waals surface area (Å²) in [6.45, 7) is 5.94. The predicted octanol–water partition coefficient (Wildman–Crippen LogP) is 2.93. The molecule has 0 unspecified atom stereocenters. The van der Waals surface area contributed by atoms with E-state index in [4.69, 9.17) is 5.73 Å². The summed E-state index contributed by atoms with van der Waals surface area (Å²) in [6.07, 6.45) is 2.62. The SMILES string of the molecule is CCN(CC)S(=O)(=O)c1cc(C(=O)Nc2sc3c(c2C(N)=O)CCC3)ccc1C. The summed E-state index contributed by atoms with van der Waals surface area (Å²) in [6, 6.07) is 4.59. The Morgan fingerprint density at radius 3 is 2.52 bits per heavy atom. The van der Waals surface area contributed by atoms with Crippen LogP contribution in [0.2, 0.25) is 0 Å². The number of thiophene rings is 1. The van der Waals surface area contributed by atoms with Gasteiger partial charge in [0.25, 0.3) is 11.8 Å². The van der Waals surface area contributed by atoms with Crippen LogP contribution in [0, 0.1) is 6.92 Å². The molecular formula is C20H25N3O4S2. The van der Waals surface area contributed by atoms with E-state index >= 15 is 0 Å². The monoisotopic (exact) mass is 435 g/mol. The van der Waals surface area contributed by atoms with Crippen molar-refractivity contribution in [2.45, 2.75) is 44.9 Å². The van der Waals surface area contributed by atoms with Gasteiger partial charge in [0.1, 0.15) is 5.00 Å². The maximum atomic E-state index is 12.9. The fourth-order valence-corrected chi connectivity index (χ4v) is 6.65. The maximum Gasteiger partial charge on any atom is 0.256 e. The van der Waals surface area contributed by atoms with Gasteiger partial charge in [0.15, 0.2) is 0 Å². The van der Waals surface area contributed by atoms with Gasteiger partial charge in [0.2, 0.25) is 10.0 Å². The lowest BCUT2D eigenvalue weighted by Crippen LogP contribution is -2.31. The van der Waals surface area contributed by atoms with E-state index in [1.54, 1.807) is 32.9 Å². The Kier molecular flexibility index (Phi) is 6.11. The Morgan fingerprint density at radius 1 is 1.21 bits per heavy atom. The maximum absolute atomic E-state index is 12.9. The van der Waals surface area contributed by atoms with Crippen LogP contribution >= 0.6 is 11.3 Å². The third-order valence-electron chi connectivity index (χ3n) is 5.17. The van der Waals surface area contributed by atoms with Gasteiger partial charge in [-0.15, -0.1) is 11.3 Å². The number of primary amides is 1. The second kappa shape index (κ2) is 8.25. The van der Waals surface area contributed by atoms with Crippen LogP contribution in [0.25, 0.3) is 0 Å². The number of fused-ring (bicyclic) bond motifs is 1. The first-order valence-electron chi connectivity index (χ1n) is 9.57. The van der Waals surface area contributed by atoms with E-state index in [0.29, 0.717) is 29.2 Å². The number of carbonyl (C=O) groups is 2. The quantitative estimate of drug-likeness (QED) is 0.697. The molecule has 9 heteroatoms. The topological polar surface area (TPSA) is 110 Å². The van der Waals surface area contributed by atoms with Crippen LogP contribution in [-0.2, 0) is 22.9 Å². The van der Waals surface area contributed by atoms with E-state index in [1.807, 2.05) is 0 Å². The van der Waals surface area contributed by atoms with Crippen LogP contribution in [0.3, 0.4) is 0 Å². The Balaban J connectivity index is 1.95. The van der Waals surface area contributed by atoms with Crippen molar-refractivity contribution in [1.29, 1.82) is 0 Å². The van der Waals surface area contributed by atoms with Crippen molar-refractivity contribution in [1.82, 2.24) is 4.31 Å². The number of nitrogens with two attached hydrogens (primary N) is 1. The zero-order chi connectivity index (χ0) is 21.3. The molecule has 29 heavy (non-hydrogen) atoms. The van der Waals surface area contributed by atoms with E-state index in [0.717, 1.165) is 29.7 Å². The average Bonchev–Trinajstić information content (AvgIpc) is 3.22. The molecule has 156 valence electrons. The van der Waals surface area contributed by atoms with Gasteiger partial charge >= 0.3 is 0 Å². The van der Waals surface area contributed by atoms with Gasteiger partial charge in [-0.05, 0) is 49.4 Å². The number of nitrogens with zero attached hydrogens (tertiary/aromatic N) is 1. The van der Waals surface area contributed by atoms with Crippen LogP contribution < -0.4 is 11.1 Å². The van der Waals surface area contributed by atoms with Crippen molar-refractivity contribution in [3.8, 4) is 0 Å². The third kappa shape index (κ3) is 3.94. The Hall–Kier alpha value is -2.23. The fraction of sp³-hybridized carbons (Fsp3) is 0.400. The van der Waals surface area contributed by atoms with Gasteiger partial charge in [-0.1, -0.05) is 19.9 Å². The number of rotatable bonds is 7. The minimum atomic E-state index is -3.70. The number of aryl methyl sites for hydroxylation is 2. The summed E-state index contributed by atoms with van der Waals surface area (Å²) < 4.78 is 27.2. The molecule has 0 fully saturated rings. The van der Waals surface area contributed by atoms with Crippen LogP contribution in [-0.4, -0.2) is 37.6 Å². The molecule has 2 aromatic rings. The van der Waals surface area contributed by atoms with E-state index in [-0.39, 0.29) is 10.5 Å². The van der Waals surface area contributed by atoms with Crippen molar-refractivity contribution >= 4 is 38.2 Å². The normalized spacial score (nSPS) is 13.5. The number of carbonyl (C=O) groups excluding carboxylic acids is 2. The predicted molar refractivity (Wildman–Crippen MR) is 114 cm³/mol. The summed E-state index contributed by atoms with van der Waals surface area (Å²) in [5, 5.41) is 3.19. The summed E-state index contributed by atoms with van der Waals surface area (Å²) in [5.74, 6) is -1.03. The number of anilines is 1. The first-order chi connectivity index (χ1) is 13.7. The number of sulfonamides is 1. The van der Waals surface area contributed by atoms with E-state index in [1.165, 1.54) is 21.7 Å². The number of hydrogen-bond donors (Lipinski definition) is 2. The number of hydrogen-bond acceptors (Lipinski definition) is 5. The van der Waals surface area contributed by atoms with Crippen molar-refractivity contribution in [2.24, 2.45) is 5.73 Å². The van der Waals surface area contributed by atoms with Crippen LogP contribution in [0.5, 0.6) is 0 Å². The van der Waals surface area contributed by atoms with Gasteiger partial charge in [-0.2, -0.15) is 4.31 Å². The second-order valence-electron chi connectivity index (χ2n) is 6.95. The Morgan fingerprint density at radius 2 is 1.90 bits per heavy atom. The Labute approximate surface area is 175 Å². The first-order valence-corrected chi connectivity index (χ1v) is 11.8. The lowest BCUT2D eigenvalue weighted by molar-refractivity contribution is 0.100. The van der Waals surface area contributed by atoms with Crippen molar-refractivity contribution in [3.63, 3.8) is 0 Å². The van der Waals surface area contributed by atoms with Gasteiger partial charge < -0.3 is 11.1 Å². The number of amides is 2. The second-order valence-corrected chi connectivity index (χ2v) is 9.96. The molecule has 0 atom stereocenters. The Bertz CT molecular complexity index is 1070. The van der Waals surface area contributed by atoms with E-state index in [2.05, 4.69) is 5.32 Å². The molecule has 0 aliphatic heterocycles. The molecule has 0 spiro atoms. The summed E-state index contributed by atoms with van der Waals surface area (Å²) in [7, 11) is -3.70. The zero-order valence-electron chi connectivity index (χ0n) is 16.7. The molecule has 0 radical (unpaired) electrons. The van der Waals surface area contributed by atoms with Crippen molar-refractivity contribution < 1.29 is 18.0 Å². The largest absolute Gasteiger partial charge is 0.365 e. The average molecular weight is 436 g/mol. The molecule has 1 heterocycles. The van der Waals surface area contributed by atoms with Crippen molar-refractivity contribution in [2.75, 3.05) is 18.4 Å². The first kappa shape index (κ1) is 21.5. The molecule has 7 nitrogen and oxygen atoms in total. The van der Waals surface area contributed by atoms with Gasteiger partial charge in [-0.3, -0.25) is 9.59 Å². The molecule has 3 rings (SSSR count). The summed E-state index contributed by atoms with van der Waals surface area (Å²) >= 11 is 1.37. The summed E-state index contributed by atoms with van der Waals surface area (Å²) in [4.78, 5) is 26.0. The van der Waals surface area contributed by atoms with Crippen LogP contribution in [0.4, 0.5) is 5.00 Å². The highest BCUT2D eigenvalue weighted by molar-refractivity contribution is 7.89. The highest BCUT2D eigenvalue weighted by Crippen LogP contribution is 2.39. The lowest BCUT2D eigenvalue weighted by Gasteiger charge is -2.20. The highest BCUT2D eigenvalue weighted by Gasteiger charge is 2.28. The number of benzene rings is 1. The zero-order valence-corrected chi connectivity index (χ0v) is 18.4. The molecular weight excluding hydrogens is 410 g/mol. The van der Waals surface area contributed by atoms with Crippen LogP contribution in [0.1, 0.15) is 57.0 Å². The molecule has 2 amide bonds. The molecule has 1 aliphatic carbocycles. The molecule has 0 bridgehead atoms. The van der Waals surface area contributed by atoms with E-state index in [9.17, 15) is 18.0 Å².